The van der Waals surface area contributed by atoms with Gasteiger partial charge in [0.1, 0.15) is 0 Å². The third-order valence-corrected chi connectivity index (χ3v) is 6.26. The van der Waals surface area contributed by atoms with Gasteiger partial charge in [-0.2, -0.15) is 0 Å². The molecule has 2 fully saturated rings. The van der Waals surface area contributed by atoms with E-state index in [1.165, 1.54) is 43.2 Å². The number of aliphatic imine (C=N–C) groups is 1. The minimum absolute atomic E-state index is 0.283. The number of guanidine groups is 1. The van der Waals surface area contributed by atoms with Crippen molar-refractivity contribution in [2.24, 2.45) is 4.99 Å². The molecule has 1 atom stereocenters. The van der Waals surface area contributed by atoms with Crippen molar-refractivity contribution in [3.8, 4) is 0 Å². The predicted molar refractivity (Wildman–Crippen MR) is 123 cm³/mol. The summed E-state index contributed by atoms with van der Waals surface area (Å²) >= 11 is 0. The molecular weight excluding hydrogens is 376 g/mol. The Bertz CT molecular complexity index is 640. The van der Waals surface area contributed by atoms with E-state index < -0.39 is 0 Å². The Morgan fingerprint density at radius 3 is 2.67 bits per heavy atom. The Morgan fingerprint density at radius 2 is 1.93 bits per heavy atom. The van der Waals surface area contributed by atoms with Gasteiger partial charge < -0.3 is 20.1 Å². The van der Waals surface area contributed by atoms with Gasteiger partial charge in [0, 0.05) is 45.9 Å². The van der Waals surface area contributed by atoms with Crippen molar-refractivity contribution >= 4 is 5.96 Å². The molecular formula is C24H40N4O2. The largest absolute Gasteiger partial charge is 0.379 e. The molecule has 0 radical (unpaired) electrons. The fourth-order valence-electron chi connectivity index (χ4n) is 4.38. The first kappa shape index (κ1) is 23.0. The quantitative estimate of drug-likeness (QED) is 0.348. The minimum atomic E-state index is 0.283. The second-order valence-corrected chi connectivity index (χ2v) is 8.54. The van der Waals surface area contributed by atoms with Gasteiger partial charge in [0.05, 0.1) is 12.7 Å². The molecule has 168 valence electrons. The van der Waals surface area contributed by atoms with Crippen LogP contribution >= 0.6 is 0 Å². The van der Waals surface area contributed by atoms with Crippen LogP contribution in [-0.4, -0.2) is 63.5 Å². The molecule has 1 saturated carbocycles. The molecule has 2 aliphatic rings. The summed E-state index contributed by atoms with van der Waals surface area (Å²) in [6.45, 7) is 4.97. The van der Waals surface area contributed by atoms with Crippen LogP contribution in [0.4, 0.5) is 0 Å². The molecule has 1 aliphatic heterocycles. The Morgan fingerprint density at radius 1 is 1.13 bits per heavy atom. The molecule has 1 aromatic carbocycles. The Labute approximate surface area is 182 Å². The third kappa shape index (κ3) is 7.56. The highest BCUT2D eigenvalue weighted by Gasteiger charge is 2.19. The monoisotopic (exact) mass is 416 g/mol. The number of rotatable bonds is 10. The van der Waals surface area contributed by atoms with E-state index in [0.29, 0.717) is 0 Å². The van der Waals surface area contributed by atoms with Gasteiger partial charge in [0.25, 0.3) is 0 Å². The second kappa shape index (κ2) is 12.9. The maximum atomic E-state index is 5.82. The first-order chi connectivity index (χ1) is 14.8. The Balaban J connectivity index is 1.40. The van der Waals surface area contributed by atoms with Crippen molar-refractivity contribution in [1.82, 2.24) is 15.5 Å². The first-order valence-corrected chi connectivity index (χ1v) is 11.7. The van der Waals surface area contributed by atoms with E-state index in [1.807, 2.05) is 7.05 Å². The van der Waals surface area contributed by atoms with Crippen LogP contribution in [0.5, 0.6) is 0 Å². The van der Waals surface area contributed by atoms with Crippen LogP contribution < -0.4 is 10.6 Å². The first-order valence-electron chi connectivity index (χ1n) is 11.7. The molecule has 6 nitrogen and oxygen atoms in total. The summed E-state index contributed by atoms with van der Waals surface area (Å²) in [6.07, 6.45) is 9.09. The maximum absolute atomic E-state index is 5.82. The number of nitrogens with zero attached hydrogens (tertiary/aromatic N) is 2. The number of benzene rings is 1. The average Bonchev–Trinajstić information content (AvgIpc) is 3.30. The lowest BCUT2D eigenvalue weighted by atomic mass is 9.94. The van der Waals surface area contributed by atoms with Crippen LogP contribution in [0.3, 0.4) is 0 Å². The lowest BCUT2D eigenvalue weighted by molar-refractivity contribution is 0.0420. The normalized spacial score (nSPS) is 20.6. The standard InChI is InChI=1S/C24H40N4O2/c1-25-24(26-14-8-15-30-23-13-16-29-19-23)27-17-20-9-6-7-10-21(20)18-28(2)22-11-4-3-5-12-22/h6-7,9-10,22-23H,3-5,8,11-19H2,1-2H3,(H2,25,26,27). The van der Waals surface area contributed by atoms with Crippen molar-refractivity contribution in [1.29, 1.82) is 0 Å². The summed E-state index contributed by atoms with van der Waals surface area (Å²) in [5.74, 6) is 0.842. The fourth-order valence-corrected chi connectivity index (χ4v) is 4.38. The van der Waals surface area contributed by atoms with Crippen molar-refractivity contribution in [2.45, 2.75) is 70.2 Å². The van der Waals surface area contributed by atoms with Crippen molar-refractivity contribution < 1.29 is 9.47 Å². The van der Waals surface area contributed by atoms with E-state index >= 15 is 0 Å². The number of nitrogens with one attached hydrogen (secondary N) is 2. The maximum Gasteiger partial charge on any atom is 0.191 e. The molecule has 0 aromatic heterocycles. The molecule has 1 aliphatic carbocycles. The molecule has 6 heteroatoms. The summed E-state index contributed by atoms with van der Waals surface area (Å²) in [5.41, 5.74) is 2.74. The average molecular weight is 417 g/mol. The van der Waals surface area contributed by atoms with Gasteiger partial charge in [-0.1, -0.05) is 43.5 Å². The van der Waals surface area contributed by atoms with Gasteiger partial charge in [-0.3, -0.25) is 9.89 Å². The van der Waals surface area contributed by atoms with E-state index in [4.69, 9.17) is 9.47 Å². The molecule has 1 heterocycles. The van der Waals surface area contributed by atoms with E-state index in [-0.39, 0.29) is 6.10 Å². The van der Waals surface area contributed by atoms with Crippen molar-refractivity contribution in [2.75, 3.05) is 40.5 Å². The summed E-state index contributed by atoms with van der Waals surface area (Å²) in [4.78, 5) is 6.91. The highest BCUT2D eigenvalue weighted by molar-refractivity contribution is 5.79. The molecule has 1 saturated heterocycles. The smallest absolute Gasteiger partial charge is 0.191 e. The number of hydrogen-bond donors (Lipinski definition) is 2. The van der Waals surface area contributed by atoms with Crippen LogP contribution in [0.15, 0.2) is 29.3 Å². The third-order valence-electron chi connectivity index (χ3n) is 6.26. The SMILES string of the molecule is CN=C(NCCCOC1CCOC1)NCc1ccccc1CN(C)C1CCCCC1. The minimum Gasteiger partial charge on any atom is -0.379 e. The zero-order valence-electron chi connectivity index (χ0n) is 18.9. The van der Waals surface area contributed by atoms with Crippen LogP contribution in [0.2, 0.25) is 0 Å². The van der Waals surface area contributed by atoms with Crippen molar-refractivity contribution in [3.05, 3.63) is 35.4 Å². The molecule has 0 amide bonds. The van der Waals surface area contributed by atoms with Gasteiger partial charge in [0.15, 0.2) is 5.96 Å². The summed E-state index contributed by atoms with van der Waals surface area (Å²) < 4.78 is 11.2. The van der Waals surface area contributed by atoms with Crippen LogP contribution in [0, 0.1) is 0 Å². The van der Waals surface area contributed by atoms with E-state index in [0.717, 1.165) is 64.3 Å². The van der Waals surface area contributed by atoms with E-state index in [2.05, 4.69) is 51.8 Å². The van der Waals surface area contributed by atoms with E-state index in [1.54, 1.807) is 0 Å². The molecule has 3 rings (SSSR count). The zero-order valence-corrected chi connectivity index (χ0v) is 18.9. The van der Waals surface area contributed by atoms with Crippen molar-refractivity contribution in [3.63, 3.8) is 0 Å². The van der Waals surface area contributed by atoms with Gasteiger partial charge >= 0.3 is 0 Å². The van der Waals surface area contributed by atoms with Gasteiger partial charge in [-0.05, 0) is 43.9 Å². The Hall–Kier alpha value is -1.63. The van der Waals surface area contributed by atoms with Gasteiger partial charge in [-0.15, -0.1) is 0 Å². The zero-order chi connectivity index (χ0) is 21.0. The summed E-state index contributed by atoms with van der Waals surface area (Å²) in [6, 6.07) is 9.49. The molecule has 0 bridgehead atoms. The molecule has 30 heavy (non-hydrogen) atoms. The van der Waals surface area contributed by atoms with Crippen LogP contribution in [0.25, 0.3) is 0 Å². The molecule has 1 aromatic rings. The van der Waals surface area contributed by atoms with Gasteiger partial charge in [-0.25, -0.2) is 0 Å². The molecule has 0 spiro atoms. The molecule has 2 N–H and O–H groups in total. The highest BCUT2D eigenvalue weighted by atomic mass is 16.5. The highest BCUT2D eigenvalue weighted by Crippen LogP contribution is 2.23. The lowest BCUT2D eigenvalue weighted by Crippen LogP contribution is -2.38. The predicted octanol–water partition coefficient (Wildman–Crippen LogP) is 3.31. The lowest BCUT2D eigenvalue weighted by Gasteiger charge is -2.31. The fraction of sp³-hybridized carbons (Fsp3) is 0.708. The van der Waals surface area contributed by atoms with Crippen LogP contribution in [0.1, 0.15) is 56.1 Å². The summed E-state index contributed by atoms with van der Waals surface area (Å²) in [7, 11) is 4.10. The molecule has 1 unspecified atom stereocenters. The Kier molecular flexibility index (Phi) is 9.93. The second-order valence-electron chi connectivity index (χ2n) is 8.54. The van der Waals surface area contributed by atoms with Gasteiger partial charge in [0.2, 0.25) is 0 Å². The van der Waals surface area contributed by atoms with E-state index in [9.17, 15) is 0 Å². The number of hydrogen-bond acceptors (Lipinski definition) is 4. The number of ether oxygens (including phenoxy) is 2. The summed E-state index contributed by atoms with van der Waals surface area (Å²) in [5, 5.41) is 6.86. The van der Waals surface area contributed by atoms with Crippen LogP contribution in [-0.2, 0) is 22.6 Å². The topological polar surface area (TPSA) is 58.1 Å².